The van der Waals surface area contributed by atoms with Crippen LogP contribution >= 0.6 is 0 Å². The van der Waals surface area contributed by atoms with E-state index in [0.29, 0.717) is 17.7 Å². The second kappa shape index (κ2) is 5.12. The zero-order valence-electron chi connectivity index (χ0n) is 9.87. The molecule has 0 unspecified atom stereocenters. The molecular weight excluding hydrogens is 238 g/mol. The van der Waals surface area contributed by atoms with Crippen LogP contribution in [0.5, 0.6) is 0 Å². The number of furan rings is 1. The summed E-state index contributed by atoms with van der Waals surface area (Å²) >= 11 is 0. The van der Waals surface area contributed by atoms with Crippen LogP contribution in [0.2, 0.25) is 0 Å². The molecule has 0 aliphatic carbocycles. The Morgan fingerprint density at radius 3 is 2.50 bits per heavy atom. The fourth-order valence-corrected chi connectivity index (χ4v) is 1.82. The lowest BCUT2D eigenvalue weighted by molar-refractivity contribution is 0.0988. The molecule has 2 rings (SSSR count). The molecule has 0 saturated heterocycles. The maximum Gasteiger partial charge on any atom is 0.170 e. The largest absolute Gasteiger partial charge is 0.469 e. The first-order chi connectivity index (χ1) is 8.63. The third kappa shape index (κ3) is 2.32. The second-order valence-corrected chi connectivity index (χ2v) is 3.91. The third-order valence-electron chi connectivity index (χ3n) is 2.77. The number of carbonyl (C=O) groups excluding carboxylic acids is 1. The van der Waals surface area contributed by atoms with Crippen molar-refractivity contribution < 1.29 is 18.0 Å². The monoisotopic (exact) mass is 250 g/mol. The van der Waals surface area contributed by atoms with Gasteiger partial charge in [0.15, 0.2) is 5.78 Å². The average Bonchev–Trinajstić information content (AvgIpc) is 2.82. The van der Waals surface area contributed by atoms with E-state index >= 15 is 0 Å². The van der Waals surface area contributed by atoms with E-state index < -0.39 is 11.6 Å². The molecule has 2 aromatic rings. The summed E-state index contributed by atoms with van der Waals surface area (Å²) in [6.07, 6.45) is 1.67. The molecule has 2 nitrogen and oxygen atoms in total. The van der Waals surface area contributed by atoms with Gasteiger partial charge < -0.3 is 4.42 Å². The van der Waals surface area contributed by atoms with Gasteiger partial charge in [-0.25, -0.2) is 8.78 Å². The van der Waals surface area contributed by atoms with E-state index in [2.05, 4.69) is 0 Å². The number of Topliss-reactive ketones (excluding diaryl/α,β-unsaturated/α-hetero) is 1. The highest BCUT2D eigenvalue weighted by molar-refractivity contribution is 5.98. The van der Waals surface area contributed by atoms with Crippen LogP contribution in [0.1, 0.15) is 28.6 Å². The van der Waals surface area contributed by atoms with Crippen LogP contribution in [0.25, 0.3) is 0 Å². The van der Waals surface area contributed by atoms with Gasteiger partial charge in [0.25, 0.3) is 0 Å². The van der Waals surface area contributed by atoms with Crippen molar-refractivity contribution in [2.24, 2.45) is 0 Å². The van der Waals surface area contributed by atoms with Gasteiger partial charge in [0.1, 0.15) is 17.4 Å². The lowest BCUT2D eigenvalue weighted by Crippen LogP contribution is -2.08. The summed E-state index contributed by atoms with van der Waals surface area (Å²) in [6.45, 7) is 1.85. The zero-order valence-corrected chi connectivity index (χ0v) is 9.87. The normalized spacial score (nSPS) is 10.6. The fourth-order valence-electron chi connectivity index (χ4n) is 1.82. The number of aryl methyl sites for hydroxylation is 1. The lowest BCUT2D eigenvalue weighted by Gasteiger charge is -2.04. The van der Waals surface area contributed by atoms with Crippen LogP contribution in [0.3, 0.4) is 0 Å². The minimum atomic E-state index is -0.704. The predicted octanol–water partition coefficient (Wildman–Crippen LogP) is 3.55. The van der Waals surface area contributed by atoms with E-state index in [-0.39, 0.29) is 17.8 Å². The summed E-state index contributed by atoms with van der Waals surface area (Å²) in [5, 5.41) is 0. The Kier molecular flexibility index (Phi) is 3.55. The number of hydrogen-bond acceptors (Lipinski definition) is 2. The molecule has 0 radical (unpaired) electrons. The van der Waals surface area contributed by atoms with Crippen LogP contribution in [0.15, 0.2) is 34.9 Å². The quantitative estimate of drug-likeness (QED) is 0.777. The Hall–Kier alpha value is -1.97. The molecule has 0 N–H and O–H groups in total. The first-order valence-electron chi connectivity index (χ1n) is 5.66. The molecule has 0 saturated carbocycles. The summed E-state index contributed by atoms with van der Waals surface area (Å²) in [6, 6.07) is 5.08. The number of hydrogen-bond donors (Lipinski definition) is 0. The summed E-state index contributed by atoms with van der Waals surface area (Å²) in [4.78, 5) is 12.0. The van der Waals surface area contributed by atoms with Gasteiger partial charge in [0.2, 0.25) is 0 Å². The highest BCUT2D eigenvalue weighted by atomic mass is 19.1. The molecule has 1 heterocycles. The van der Waals surface area contributed by atoms with Crippen LogP contribution in [-0.4, -0.2) is 5.78 Å². The number of halogens is 2. The van der Waals surface area contributed by atoms with E-state index in [9.17, 15) is 13.6 Å². The molecular formula is C14H12F2O2. The first-order valence-corrected chi connectivity index (χ1v) is 5.66. The molecule has 0 aliphatic heterocycles. The van der Waals surface area contributed by atoms with Gasteiger partial charge >= 0.3 is 0 Å². The van der Waals surface area contributed by atoms with Crippen molar-refractivity contribution in [3.63, 3.8) is 0 Å². The molecule has 4 heteroatoms. The Morgan fingerprint density at radius 1 is 1.22 bits per heavy atom. The number of rotatable bonds is 4. The highest BCUT2D eigenvalue weighted by Gasteiger charge is 2.18. The molecule has 0 atom stereocenters. The first kappa shape index (κ1) is 12.5. The molecule has 1 aromatic carbocycles. The van der Waals surface area contributed by atoms with Crippen molar-refractivity contribution in [1.29, 1.82) is 0 Å². The minimum absolute atomic E-state index is 0.203. The standard InChI is InChI=1S/C14H12F2O2/c1-2-14-9(6-7-18-14)13(17)8-10-11(15)4-3-5-12(10)16/h3-7H,2,8H2,1H3. The van der Waals surface area contributed by atoms with Crippen LogP contribution in [0.4, 0.5) is 8.78 Å². The van der Waals surface area contributed by atoms with Crippen molar-refractivity contribution in [3.05, 3.63) is 59.1 Å². The van der Waals surface area contributed by atoms with Crippen LogP contribution in [0, 0.1) is 11.6 Å². The summed E-state index contributed by atoms with van der Waals surface area (Å²) in [5.41, 5.74) is 0.186. The van der Waals surface area contributed by atoms with Crippen LogP contribution in [-0.2, 0) is 12.8 Å². The minimum Gasteiger partial charge on any atom is -0.469 e. The van der Waals surface area contributed by atoms with Gasteiger partial charge in [-0.2, -0.15) is 0 Å². The fraction of sp³-hybridized carbons (Fsp3) is 0.214. The zero-order chi connectivity index (χ0) is 13.1. The van der Waals surface area contributed by atoms with Crippen molar-refractivity contribution in [1.82, 2.24) is 0 Å². The molecule has 0 spiro atoms. The predicted molar refractivity (Wildman–Crippen MR) is 62.5 cm³/mol. The maximum absolute atomic E-state index is 13.4. The van der Waals surface area contributed by atoms with Crippen LogP contribution < -0.4 is 0 Å². The Labute approximate surface area is 103 Å². The van der Waals surface area contributed by atoms with Gasteiger partial charge in [0, 0.05) is 18.4 Å². The molecule has 1 aromatic heterocycles. The van der Waals surface area contributed by atoms with E-state index in [1.807, 2.05) is 6.92 Å². The molecule has 18 heavy (non-hydrogen) atoms. The van der Waals surface area contributed by atoms with E-state index in [4.69, 9.17) is 4.42 Å². The molecule has 0 bridgehead atoms. The molecule has 0 fully saturated rings. The molecule has 0 aliphatic rings. The van der Waals surface area contributed by atoms with Gasteiger partial charge in [-0.05, 0) is 18.2 Å². The Morgan fingerprint density at radius 2 is 1.89 bits per heavy atom. The smallest absolute Gasteiger partial charge is 0.170 e. The van der Waals surface area contributed by atoms with E-state index in [1.165, 1.54) is 18.4 Å². The second-order valence-electron chi connectivity index (χ2n) is 3.91. The number of carbonyl (C=O) groups is 1. The molecule has 0 amide bonds. The average molecular weight is 250 g/mol. The van der Waals surface area contributed by atoms with Gasteiger partial charge in [-0.3, -0.25) is 4.79 Å². The van der Waals surface area contributed by atoms with Gasteiger partial charge in [-0.15, -0.1) is 0 Å². The Bertz CT molecular complexity index is 553. The molecule has 94 valence electrons. The Balaban J connectivity index is 2.27. The number of benzene rings is 1. The van der Waals surface area contributed by atoms with E-state index in [0.717, 1.165) is 12.1 Å². The highest BCUT2D eigenvalue weighted by Crippen LogP contribution is 2.18. The van der Waals surface area contributed by atoms with Crippen molar-refractivity contribution in [2.45, 2.75) is 19.8 Å². The van der Waals surface area contributed by atoms with Crippen molar-refractivity contribution in [3.8, 4) is 0 Å². The SMILES string of the molecule is CCc1occc1C(=O)Cc1c(F)cccc1F. The van der Waals surface area contributed by atoms with Gasteiger partial charge in [0.05, 0.1) is 11.8 Å². The summed E-state index contributed by atoms with van der Waals surface area (Å²) < 4.78 is 32.0. The van der Waals surface area contributed by atoms with E-state index in [1.54, 1.807) is 0 Å². The number of ketones is 1. The van der Waals surface area contributed by atoms with Gasteiger partial charge in [-0.1, -0.05) is 13.0 Å². The third-order valence-corrected chi connectivity index (χ3v) is 2.77. The lowest BCUT2D eigenvalue weighted by atomic mass is 10.0. The topological polar surface area (TPSA) is 30.2 Å². The summed E-state index contributed by atoms with van der Waals surface area (Å²) in [7, 11) is 0. The van der Waals surface area contributed by atoms with Crippen molar-refractivity contribution >= 4 is 5.78 Å². The summed E-state index contributed by atoms with van der Waals surface area (Å²) in [5.74, 6) is -1.21. The van der Waals surface area contributed by atoms with Crippen molar-refractivity contribution in [2.75, 3.05) is 0 Å². The maximum atomic E-state index is 13.4.